The third kappa shape index (κ3) is 4.45. The first-order valence-electron chi connectivity index (χ1n) is 8.50. The number of ether oxygens (including phenoxy) is 1. The van der Waals surface area contributed by atoms with E-state index >= 15 is 0 Å². The fourth-order valence-electron chi connectivity index (χ4n) is 3.21. The maximum atomic E-state index is 12.2. The van der Waals surface area contributed by atoms with E-state index < -0.39 is 0 Å². The Hall–Kier alpha value is -2.66. The van der Waals surface area contributed by atoms with Gasteiger partial charge >= 0.3 is 5.97 Å². The Balaban J connectivity index is 1.51. The smallest absolute Gasteiger partial charge is 0.337 e. The monoisotopic (exact) mass is 339 g/mol. The molecule has 0 aromatic heterocycles. The van der Waals surface area contributed by atoms with E-state index in [1.165, 1.54) is 23.1 Å². The largest absolute Gasteiger partial charge is 0.465 e. The van der Waals surface area contributed by atoms with Crippen LogP contribution in [0.4, 0.5) is 0 Å². The van der Waals surface area contributed by atoms with E-state index in [9.17, 15) is 9.59 Å². The minimum atomic E-state index is -0.371. The van der Waals surface area contributed by atoms with Crippen LogP contribution in [0.3, 0.4) is 0 Å². The van der Waals surface area contributed by atoms with Gasteiger partial charge < -0.3 is 15.0 Å². The predicted molar refractivity (Wildman–Crippen MR) is 94.2 cm³/mol. The summed E-state index contributed by atoms with van der Waals surface area (Å²) in [6, 6.07) is 15.6. The molecule has 1 heterocycles. The Bertz CT molecular complexity index is 773. The Labute approximate surface area is 147 Å². The van der Waals surface area contributed by atoms with Gasteiger partial charge in [0, 0.05) is 18.5 Å². The van der Waals surface area contributed by atoms with Crippen molar-refractivity contribution in [1.29, 1.82) is 0 Å². The molecule has 1 atom stereocenters. The number of carbonyl (C=O) groups excluding carboxylic acids is 2. The second-order valence-electron chi connectivity index (χ2n) is 6.34. The van der Waals surface area contributed by atoms with E-state index in [-0.39, 0.29) is 11.9 Å². The molecule has 5 heteroatoms. The summed E-state index contributed by atoms with van der Waals surface area (Å²) in [4.78, 5) is 25.1. The van der Waals surface area contributed by atoms with Gasteiger partial charge in [0.1, 0.15) is 6.54 Å². The van der Waals surface area contributed by atoms with Gasteiger partial charge in [-0.3, -0.25) is 4.79 Å². The van der Waals surface area contributed by atoms with E-state index in [0.29, 0.717) is 18.7 Å². The van der Waals surface area contributed by atoms with Gasteiger partial charge in [-0.15, -0.1) is 0 Å². The summed E-state index contributed by atoms with van der Waals surface area (Å²) in [6.45, 7) is 2.74. The number of fused-ring (bicyclic) bond motifs is 1. The van der Waals surface area contributed by atoms with Crippen molar-refractivity contribution in [3.05, 3.63) is 70.8 Å². The number of hydrogen-bond acceptors (Lipinski definition) is 3. The number of methoxy groups -OCH3 is 1. The third-order valence-corrected chi connectivity index (χ3v) is 4.56. The number of amides is 1. The van der Waals surface area contributed by atoms with Gasteiger partial charge in [-0.05, 0) is 23.3 Å². The molecule has 1 unspecified atom stereocenters. The molecule has 2 aromatic carbocycles. The van der Waals surface area contributed by atoms with Crippen LogP contribution in [-0.2, 0) is 29.0 Å². The summed E-state index contributed by atoms with van der Waals surface area (Å²) in [7, 11) is 1.36. The molecule has 0 saturated heterocycles. The van der Waals surface area contributed by atoms with Gasteiger partial charge in [0.25, 0.3) is 5.91 Å². The highest BCUT2D eigenvalue weighted by Gasteiger charge is 2.21. The molecule has 0 saturated carbocycles. The summed E-state index contributed by atoms with van der Waals surface area (Å²) >= 11 is 0. The molecule has 1 aliphatic rings. The van der Waals surface area contributed by atoms with Gasteiger partial charge in [0.15, 0.2) is 6.54 Å². The predicted octanol–water partition coefficient (Wildman–Crippen LogP) is 0.731. The average Bonchev–Trinajstić information content (AvgIpc) is 2.66. The average molecular weight is 339 g/mol. The number of nitrogens with one attached hydrogen (secondary N) is 2. The molecule has 25 heavy (non-hydrogen) atoms. The molecular formula is C20H23N2O3+. The van der Waals surface area contributed by atoms with Crippen LogP contribution in [0.15, 0.2) is 48.5 Å². The van der Waals surface area contributed by atoms with Crippen LogP contribution < -0.4 is 10.2 Å². The molecule has 0 radical (unpaired) electrons. The van der Waals surface area contributed by atoms with Gasteiger partial charge in [-0.2, -0.15) is 0 Å². The van der Waals surface area contributed by atoms with Crippen molar-refractivity contribution < 1.29 is 19.2 Å². The van der Waals surface area contributed by atoms with Crippen LogP contribution in [0.5, 0.6) is 0 Å². The number of hydrogen-bond donors (Lipinski definition) is 2. The van der Waals surface area contributed by atoms with Crippen molar-refractivity contribution in [2.24, 2.45) is 0 Å². The molecule has 0 bridgehead atoms. The van der Waals surface area contributed by atoms with Gasteiger partial charge in [-0.1, -0.05) is 36.4 Å². The third-order valence-electron chi connectivity index (χ3n) is 4.56. The number of rotatable bonds is 5. The quantitative estimate of drug-likeness (QED) is 0.790. The Morgan fingerprint density at radius 3 is 2.72 bits per heavy atom. The first kappa shape index (κ1) is 17.2. The van der Waals surface area contributed by atoms with Crippen molar-refractivity contribution in [3.8, 4) is 0 Å². The fourth-order valence-corrected chi connectivity index (χ4v) is 3.21. The zero-order valence-corrected chi connectivity index (χ0v) is 14.4. The number of benzene rings is 2. The van der Waals surface area contributed by atoms with Crippen molar-refractivity contribution in [1.82, 2.24) is 5.32 Å². The van der Waals surface area contributed by atoms with E-state index in [0.717, 1.165) is 25.1 Å². The zero-order chi connectivity index (χ0) is 17.6. The lowest BCUT2D eigenvalue weighted by Gasteiger charge is -2.25. The molecule has 0 aliphatic carbocycles. The van der Waals surface area contributed by atoms with Crippen LogP contribution in [0.25, 0.3) is 0 Å². The molecule has 130 valence electrons. The van der Waals surface area contributed by atoms with Crippen LogP contribution in [0, 0.1) is 0 Å². The van der Waals surface area contributed by atoms with Gasteiger partial charge in [0.2, 0.25) is 0 Å². The van der Waals surface area contributed by atoms with Crippen molar-refractivity contribution in [2.45, 2.75) is 19.5 Å². The zero-order valence-electron chi connectivity index (χ0n) is 14.4. The molecule has 0 fully saturated rings. The van der Waals surface area contributed by atoms with E-state index in [1.807, 2.05) is 6.07 Å². The van der Waals surface area contributed by atoms with Crippen molar-refractivity contribution >= 4 is 11.9 Å². The Morgan fingerprint density at radius 1 is 1.12 bits per heavy atom. The van der Waals surface area contributed by atoms with Crippen molar-refractivity contribution in [2.75, 3.05) is 20.2 Å². The first-order chi connectivity index (χ1) is 12.2. The molecule has 1 amide bonds. The number of esters is 1. The summed E-state index contributed by atoms with van der Waals surface area (Å²) < 4.78 is 4.72. The lowest BCUT2D eigenvalue weighted by molar-refractivity contribution is -0.908. The normalized spacial score (nSPS) is 16.0. The maximum absolute atomic E-state index is 12.2. The SMILES string of the molecule is COC(=O)c1cccc(CNC(=O)C[NH+]2CCc3ccccc3C2)c1. The van der Waals surface area contributed by atoms with Crippen molar-refractivity contribution in [3.63, 3.8) is 0 Å². The van der Waals surface area contributed by atoms with Gasteiger partial charge in [-0.25, -0.2) is 4.79 Å². The van der Waals surface area contributed by atoms with E-state index in [1.54, 1.807) is 18.2 Å². The second-order valence-corrected chi connectivity index (χ2v) is 6.34. The molecule has 2 aromatic rings. The number of quaternary nitrogens is 1. The van der Waals surface area contributed by atoms with Gasteiger partial charge in [0.05, 0.1) is 19.2 Å². The summed E-state index contributed by atoms with van der Waals surface area (Å²) in [6.07, 6.45) is 1.01. The van der Waals surface area contributed by atoms with Crippen LogP contribution in [0.1, 0.15) is 27.0 Å². The van der Waals surface area contributed by atoms with E-state index in [2.05, 4.69) is 29.6 Å². The minimum Gasteiger partial charge on any atom is -0.465 e. The minimum absolute atomic E-state index is 0.0258. The lowest BCUT2D eigenvalue weighted by atomic mass is 10.00. The molecule has 3 rings (SSSR count). The van der Waals surface area contributed by atoms with Crippen LogP contribution in [0.2, 0.25) is 0 Å². The number of carbonyl (C=O) groups is 2. The topological polar surface area (TPSA) is 59.8 Å². The van der Waals surface area contributed by atoms with Crippen LogP contribution in [-0.4, -0.2) is 32.1 Å². The molecule has 0 spiro atoms. The van der Waals surface area contributed by atoms with Crippen LogP contribution >= 0.6 is 0 Å². The molecule has 2 N–H and O–H groups in total. The molecular weight excluding hydrogens is 316 g/mol. The highest BCUT2D eigenvalue weighted by atomic mass is 16.5. The standard InChI is InChI=1S/C20H22N2O3/c1-25-20(24)17-8-4-5-15(11-17)12-21-19(23)14-22-10-9-16-6-2-3-7-18(16)13-22/h2-8,11H,9-10,12-14H2,1H3,(H,21,23)/p+1. The Kier molecular flexibility index (Phi) is 5.46. The maximum Gasteiger partial charge on any atom is 0.337 e. The summed E-state index contributed by atoms with van der Waals surface area (Å²) in [5.41, 5.74) is 4.11. The summed E-state index contributed by atoms with van der Waals surface area (Å²) in [5, 5.41) is 2.94. The molecule has 1 aliphatic heterocycles. The first-order valence-corrected chi connectivity index (χ1v) is 8.50. The molecule has 5 nitrogen and oxygen atoms in total. The second kappa shape index (κ2) is 7.94. The fraction of sp³-hybridized carbons (Fsp3) is 0.300. The highest BCUT2D eigenvalue weighted by molar-refractivity contribution is 5.89. The van der Waals surface area contributed by atoms with E-state index in [4.69, 9.17) is 4.74 Å². The highest BCUT2D eigenvalue weighted by Crippen LogP contribution is 2.10. The Morgan fingerprint density at radius 2 is 1.92 bits per heavy atom. The lowest BCUT2D eigenvalue weighted by Crippen LogP contribution is -3.12. The summed E-state index contributed by atoms with van der Waals surface area (Å²) in [5.74, 6) is -0.345.